The summed E-state index contributed by atoms with van der Waals surface area (Å²) in [5, 5.41) is 18.9. The number of rotatable bonds is 6. The van der Waals surface area contributed by atoms with Crippen molar-refractivity contribution in [2.75, 3.05) is 43.9 Å². The van der Waals surface area contributed by atoms with E-state index in [1.165, 1.54) is 0 Å². The lowest BCUT2D eigenvalue weighted by Crippen LogP contribution is -2.39. The molecule has 2 unspecified atom stereocenters. The van der Waals surface area contributed by atoms with Gasteiger partial charge in [0.1, 0.15) is 11.6 Å². The second-order valence-corrected chi connectivity index (χ2v) is 14.4. The normalized spacial score (nSPS) is 20.9. The molecule has 2 saturated heterocycles. The summed E-state index contributed by atoms with van der Waals surface area (Å²) in [4.78, 5) is 2.68. The maximum absolute atomic E-state index is 12.8. The first-order valence-electron chi connectivity index (χ1n) is 17.1. The number of nitrogens with zero attached hydrogens (tertiary/aromatic N) is 5. The zero-order valence-corrected chi connectivity index (χ0v) is 31.2. The molecular formula is C34H48F6N8S2. The molecule has 8 nitrogen and oxygen atoms in total. The quantitative estimate of drug-likeness (QED) is 0.133. The van der Waals surface area contributed by atoms with Gasteiger partial charge in [0.05, 0.1) is 32.2 Å². The van der Waals surface area contributed by atoms with E-state index in [0.29, 0.717) is 34.4 Å². The Balaban J connectivity index is 0.000000205. The predicted molar refractivity (Wildman–Crippen MR) is 192 cm³/mol. The van der Waals surface area contributed by atoms with Gasteiger partial charge in [-0.3, -0.25) is 0 Å². The molecular weight excluding hydrogens is 699 g/mol. The van der Waals surface area contributed by atoms with Crippen LogP contribution < -0.4 is 16.0 Å². The predicted octanol–water partition coefficient (Wildman–Crippen LogP) is 9.23. The van der Waals surface area contributed by atoms with Gasteiger partial charge in [-0.15, -0.1) is 0 Å². The Morgan fingerprint density at radius 3 is 1.80 bits per heavy atom. The second-order valence-electron chi connectivity index (χ2n) is 12.2. The third-order valence-corrected chi connectivity index (χ3v) is 10.6. The van der Waals surface area contributed by atoms with Crippen LogP contribution in [0.25, 0.3) is 11.0 Å². The Bertz CT molecular complexity index is 1700. The van der Waals surface area contributed by atoms with E-state index in [4.69, 9.17) is 0 Å². The lowest BCUT2D eigenvalue weighted by molar-refractivity contribution is -0.0336. The molecule has 16 heteroatoms. The van der Waals surface area contributed by atoms with E-state index in [9.17, 15) is 26.3 Å². The number of hydrogen-bond donors (Lipinski definition) is 3. The summed E-state index contributed by atoms with van der Waals surface area (Å²) >= 11 is -0.192. The highest BCUT2D eigenvalue weighted by molar-refractivity contribution is 8.00. The van der Waals surface area contributed by atoms with Crippen molar-refractivity contribution in [3.8, 4) is 0 Å². The second kappa shape index (κ2) is 16.7. The van der Waals surface area contributed by atoms with Gasteiger partial charge >= 0.3 is 11.0 Å². The zero-order valence-electron chi connectivity index (χ0n) is 29.6. The van der Waals surface area contributed by atoms with Crippen molar-refractivity contribution >= 4 is 46.2 Å². The summed E-state index contributed by atoms with van der Waals surface area (Å²) in [6.45, 7) is 15.2. The molecule has 0 amide bonds. The molecule has 0 spiro atoms. The summed E-state index contributed by atoms with van der Waals surface area (Å²) in [7, 11) is 2.13. The van der Waals surface area contributed by atoms with E-state index in [1.54, 1.807) is 47.1 Å². The summed E-state index contributed by atoms with van der Waals surface area (Å²) < 4.78 is 79.7. The third kappa shape index (κ3) is 9.73. The number of aromatic nitrogens is 4. The Morgan fingerprint density at radius 2 is 1.30 bits per heavy atom. The molecule has 1 saturated carbocycles. The van der Waals surface area contributed by atoms with Crippen molar-refractivity contribution in [1.82, 2.24) is 29.4 Å². The van der Waals surface area contributed by atoms with Gasteiger partial charge in [-0.05, 0) is 113 Å². The fourth-order valence-corrected chi connectivity index (χ4v) is 7.80. The smallest absolute Gasteiger partial charge is 0.367 e. The molecule has 3 N–H and O–H groups in total. The standard InChI is InChI=1S/C16H19F3N4S.C14H17F3N4S.2C2H6/c1-10-14(24-16(17,18)19)12-4-3-5-13(23(12)21-10)20-15-6-7-22(2)9-11(15)8-15;1-9-13(22-14(15,16)17)11-3-2-4-12(21(11)20-9)19-10-5-7-18-8-6-10;2*1-2/h3-5,11,20H,6-9H2,1-2H3;2-4,10,18-19H,5-8H2,1H3;2*1-2H3. The number of hydrogen-bond acceptors (Lipinski definition) is 8. The molecule has 4 aromatic rings. The first kappa shape index (κ1) is 40.0. The number of fused-ring (bicyclic) bond motifs is 3. The number of piperidine rings is 2. The molecule has 0 aromatic carbocycles. The van der Waals surface area contributed by atoms with Gasteiger partial charge in [-0.25, -0.2) is 9.03 Å². The van der Waals surface area contributed by atoms with Crippen LogP contribution in [0.1, 0.15) is 64.8 Å². The van der Waals surface area contributed by atoms with Gasteiger partial charge in [0, 0.05) is 24.7 Å². The minimum absolute atomic E-state index is 0.0813. The van der Waals surface area contributed by atoms with Crippen molar-refractivity contribution in [1.29, 1.82) is 0 Å². The summed E-state index contributed by atoms with van der Waals surface area (Å²) in [6.07, 6.45) is 4.13. The molecule has 278 valence electrons. The highest BCUT2D eigenvalue weighted by atomic mass is 32.2. The summed E-state index contributed by atoms with van der Waals surface area (Å²) in [6, 6.07) is 11.0. The van der Waals surface area contributed by atoms with E-state index >= 15 is 0 Å². The Labute approximate surface area is 298 Å². The Hall–Kier alpha value is -2.82. The van der Waals surface area contributed by atoms with Crippen LogP contribution in [0.15, 0.2) is 46.2 Å². The van der Waals surface area contributed by atoms with Crippen molar-refractivity contribution < 1.29 is 26.3 Å². The van der Waals surface area contributed by atoms with E-state index in [0.717, 1.165) is 63.5 Å². The van der Waals surface area contributed by atoms with Crippen molar-refractivity contribution in [2.45, 2.75) is 99.6 Å². The topological polar surface area (TPSA) is 73.9 Å². The van der Waals surface area contributed by atoms with Gasteiger partial charge in [0.2, 0.25) is 0 Å². The van der Waals surface area contributed by atoms with Crippen LogP contribution in [0.4, 0.5) is 38.0 Å². The van der Waals surface area contributed by atoms with Crippen molar-refractivity contribution in [2.24, 2.45) is 5.92 Å². The first-order chi connectivity index (χ1) is 23.7. The Kier molecular flexibility index (Phi) is 13.3. The summed E-state index contributed by atoms with van der Waals surface area (Å²) in [5.74, 6) is 2.12. The number of likely N-dealkylation sites (tertiary alicyclic amines) is 1. The van der Waals surface area contributed by atoms with Crippen LogP contribution in [-0.4, -0.2) is 80.0 Å². The van der Waals surface area contributed by atoms with Crippen LogP contribution in [0, 0.1) is 19.8 Å². The molecule has 6 heterocycles. The number of thioether (sulfide) groups is 2. The number of halogens is 6. The fourth-order valence-electron chi connectivity index (χ4n) is 6.44. The van der Waals surface area contributed by atoms with Crippen LogP contribution >= 0.6 is 23.5 Å². The van der Waals surface area contributed by atoms with E-state index < -0.39 is 11.0 Å². The lowest BCUT2D eigenvalue weighted by Gasteiger charge is -2.30. The van der Waals surface area contributed by atoms with Crippen LogP contribution in [0.5, 0.6) is 0 Å². The first-order valence-corrected chi connectivity index (χ1v) is 18.8. The average molecular weight is 747 g/mol. The maximum Gasteiger partial charge on any atom is 0.446 e. The fraction of sp³-hybridized carbons (Fsp3) is 0.588. The average Bonchev–Trinajstić information content (AvgIpc) is 3.56. The van der Waals surface area contributed by atoms with Gasteiger partial charge in [-0.2, -0.15) is 36.5 Å². The number of alkyl halides is 6. The molecule has 7 rings (SSSR count). The van der Waals surface area contributed by atoms with Crippen LogP contribution in [-0.2, 0) is 0 Å². The number of aryl methyl sites for hydroxylation is 2. The highest BCUT2D eigenvalue weighted by Crippen LogP contribution is 2.51. The SMILES string of the molecule is CC.CC.Cc1nn2c(NC34CCN(C)CC3C4)cccc2c1SC(F)(F)F.Cc1nn2c(NC3CCNCC3)cccc2c1SC(F)(F)F. The molecule has 2 atom stereocenters. The van der Waals surface area contributed by atoms with Gasteiger partial charge in [0.25, 0.3) is 0 Å². The molecule has 50 heavy (non-hydrogen) atoms. The van der Waals surface area contributed by atoms with Gasteiger partial charge < -0.3 is 20.9 Å². The molecule has 3 fully saturated rings. The van der Waals surface area contributed by atoms with Crippen LogP contribution in [0.2, 0.25) is 0 Å². The third-order valence-electron chi connectivity index (χ3n) is 8.76. The van der Waals surface area contributed by atoms with Crippen molar-refractivity contribution in [3.63, 3.8) is 0 Å². The zero-order chi connectivity index (χ0) is 36.9. The van der Waals surface area contributed by atoms with E-state index in [-0.39, 0.29) is 38.9 Å². The maximum atomic E-state index is 12.8. The minimum atomic E-state index is -4.31. The van der Waals surface area contributed by atoms with Gasteiger partial charge in [-0.1, -0.05) is 39.8 Å². The highest BCUT2D eigenvalue weighted by Gasteiger charge is 2.56. The number of pyridine rings is 2. The molecule has 4 aromatic heterocycles. The molecule has 1 aliphatic carbocycles. The van der Waals surface area contributed by atoms with E-state index in [2.05, 4.69) is 38.1 Å². The van der Waals surface area contributed by atoms with Gasteiger partial charge in [0.15, 0.2) is 0 Å². The summed E-state index contributed by atoms with van der Waals surface area (Å²) in [5.41, 5.74) is -6.77. The molecule has 2 aliphatic heterocycles. The lowest BCUT2D eigenvalue weighted by atomic mass is 10.1. The number of anilines is 2. The van der Waals surface area contributed by atoms with Crippen molar-refractivity contribution in [3.05, 3.63) is 47.8 Å². The minimum Gasteiger partial charge on any atom is -0.367 e. The van der Waals surface area contributed by atoms with Crippen LogP contribution in [0.3, 0.4) is 0 Å². The Morgan fingerprint density at radius 1 is 0.800 bits per heavy atom. The molecule has 0 radical (unpaired) electrons. The molecule has 0 bridgehead atoms. The molecule has 3 aliphatic rings. The largest absolute Gasteiger partial charge is 0.446 e. The monoisotopic (exact) mass is 746 g/mol. The van der Waals surface area contributed by atoms with E-state index in [1.807, 2.05) is 39.8 Å². The number of nitrogens with one attached hydrogen (secondary N) is 3.